The highest BCUT2D eigenvalue weighted by atomic mass is 32.2. The van der Waals surface area contributed by atoms with Gasteiger partial charge < -0.3 is 14.8 Å². The summed E-state index contributed by atoms with van der Waals surface area (Å²) in [5, 5.41) is 14.2. The molecule has 0 aliphatic carbocycles. The van der Waals surface area contributed by atoms with E-state index < -0.39 is 4.92 Å². The maximum atomic E-state index is 12.3. The number of non-ortho nitro benzene ring substituents is 1. The smallest absolute Gasteiger partial charge is 0.269 e. The normalized spacial score (nSPS) is 12.0. The largest absolute Gasteiger partial charge is 0.454 e. The lowest BCUT2D eigenvalue weighted by Gasteiger charge is -2.08. The van der Waals surface area contributed by atoms with Gasteiger partial charge in [0.15, 0.2) is 16.7 Å². The van der Waals surface area contributed by atoms with Crippen molar-refractivity contribution in [1.82, 2.24) is 9.55 Å². The quantitative estimate of drug-likeness (QED) is 0.386. The number of nitro groups is 1. The summed E-state index contributed by atoms with van der Waals surface area (Å²) in [5.41, 5.74) is 1.36. The molecule has 1 aliphatic heterocycles. The van der Waals surface area contributed by atoms with E-state index in [0.29, 0.717) is 22.3 Å². The molecule has 142 valence electrons. The first-order valence-electron chi connectivity index (χ1n) is 8.20. The monoisotopic (exact) mass is 398 g/mol. The second-order valence-corrected chi connectivity index (χ2v) is 6.70. The molecule has 1 amide bonds. The summed E-state index contributed by atoms with van der Waals surface area (Å²) in [4.78, 5) is 26.8. The fourth-order valence-corrected chi connectivity index (χ4v) is 3.40. The number of rotatable bonds is 6. The second-order valence-electron chi connectivity index (χ2n) is 5.76. The Labute approximate surface area is 163 Å². The minimum Gasteiger partial charge on any atom is -0.454 e. The molecule has 3 aromatic rings. The van der Waals surface area contributed by atoms with Crippen molar-refractivity contribution in [3.63, 3.8) is 0 Å². The van der Waals surface area contributed by atoms with Crippen molar-refractivity contribution in [3.8, 4) is 17.2 Å². The first-order chi connectivity index (χ1) is 13.6. The molecule has 1 aliphatic rings. The standard InChI is InChI=1S/C18H14N4O5S/c23-17(20-12-1-6-15-16(9-12)27-11-26-15)10-28-18-19-7-8-21(18)13-2-4-14(5-3-13)22(24)25/h1-9H,10-11H2,(H,20,23). The van der Waals surface area contributed by atoms with Gasteiger partial charge in [0.2, 0.25) is 12.7 Å². The van der Waals surface area contributed by atoms with Crippen LogP contribution in [0.5, 0.6) is 11.5 Å². The van der Waals surface area contributed by atoms with Crippen molar-refractivity contribution in [2.75, 3.05) is 17.9 Å². The van der Waals surface area contributed by atoms with Gasteiger partial charge in [-0.2, -0.15) is 0 Å². The van der Waals surface area contributed by atoms with E-state index >= 15 is 0 Å². The zero-order valence-electron chi connectivity index (χ0n) is 14.4. The molecule has 2 aromatic carbocycles. The Bertz CT molecular complexity index is 1030. The van der Waals surface area contributed by atoms with E-state index in [1.54, 1.807) is 47.3 Å². The third-order valence-electron chi connectivity index (χ3n) is 3.93. The third kappa shape index (κ3) is 3.76. The van der Waals surface area contributed by atoms with Crippen molar-refractivity contribution in [2.45, 2.75) is 5.16 Å². The molecule has 0 fully saturated rings. The summed E-state index contributed by atoms with van der Waals surface area (Å²) in [6.07, 6.45) is 3.35. The van der Waals surface area contributed by atoms with Crippen molar-refractivity contribution in [3.05, 3.63) is 65.0 Å². The molecule has 10 heteroatoms. The number of hydrogen-bond donors (Lipinski definition) is 1. The summed E-state index contributed by atoms with van der Waals surface area (Å²) >= 11 is 1.26. The van der Waals surface area contributed by atoms with Crippen LogP contribution >= 0.6 is 11.8 Å². The van der Waals surface area contributed by atoms with E-state index in [2.05, 4.69) is 10.3 Å². The minimum atomic E-state index is -0.451. The molecule has 4 rings (SSSR count). The van der Waals surface area contributed by atoms with Crippen molar-refractivity contribution < 1.29 is 19.2 Å². The van der Waals surface area contributed by atoms with Crippen LogP contribution in [-0.4, -0.2) is 32.9 Å². The molecule has 0 saturated carbocycles. The SMILES string of the molecule is O=C(CSc1nccn1-c1ccc([N+](=O)[O-])cc1)Nc1ccc2c(c1)OCO2. The third-order valence-corrected chi connectivity index (χ3v) is 4.90. The van der Waals surface area contributed by atoms with Crippen LogP contribution in [0.15, 0.2) is 60.0 Å². The molecule has 0 radical (unpaired) electrons. The number of thioether (sulfide) groups is 1. The highest BCUT2D eigenvalue weighted by Gasteiger charge is 2.15. The highest BCUT2D eigenvalue weighted by molar-refractivity contribution is 7.99. The Morgan fingerprint density at radius 1 is 1.21 bits per heavy atom. The van der Waals surface area contributed by atoms with E-state index in [1.165, 1.54) is 23.9 Å². The van der Waals surface area contributed by atoms with E-state index in [4.69, 9.17) is 9.47 Å². The molecular weight excluding hydrogens is 384 g/mol. The zero-order valence-corrected chi connectivity index (χ0v) is 15.2. The van der Waals surface area contributed by atoms with E-state index in [-0.39, 0.29) is 24.1 Å². The number of amides is 1. The van der Waals surface area contributed by atoms with E-state index in [0.717, 1.165) is 5.69 Å². The Kier molecular flexibility index (Phi) is 4.85. The molecule has 0 unspecified atom stereocenters. The first-order valence-corrected chi connectivity index (χ1v) is 9.19. The van der Waals surface area contributed by atoms with Crippen LogP contribution in [0.4, 0.5) is 11.4 Å². The van der Waals surface area contributed by atoms with Crippen LogP contribution in [-0.2, 0) is 4.79 Å². The number of carbonyl (C=O) groups is 1. The van der Waals surface area contributed by atoms with Crippen LogP contribution in [0, 0.1) is 10.1 Å². The number of aromatic nitrogens is 2. The summed E-state index contributed by atoms with van der Waals surface area (Å²) in [7, 11) is 0. The van der Waals surface area contributed by atoms with Crippen LogP contribution in [0.3, 0.4) is 0 Å². The second kappa shape index (κ2) is 7.61. The average Bonchev–Trinajstić information content (AvgIpc) is 3.35. The minimum absolute atomic E-state index is 0.0150. The summed E-state index contributed by atoms with van der Waals surface area (Å²) < 4.78 is 12.3. The number of ether oxygens (including phenoxy) is 2. The number of carbonyl (C=O) groups excluding carboxylic acids is 1. The number of nitro benzene ring substituents is 1. The zero-order chi connectivity index (χ0) is 19.5. The number of imidazole rings is 1. The molecule has 0 bridgehead atoms. The Morgan fingerprint density at radius 3 is 2.79 bits per heavy atom. The van der Waals surface area contributed by atoms with E-state index in [9.17, 15) is 14.9 Å². The molecule has 0 saturated heterocycles. The van der Waals surface area contributed by atoms with Crippen molar-refractivity contribution in [2.24, 2.45) is 0 Å². The molecular formula is C18H14N4O5S. The van der Waals surface area contributed by atoms with Gasteiger partial charge in [-0.05, 0) is 24.3 Å². The van der Waals surface area contributed by atoms with Gasteiger partial charge in [-0.25, -0.2) is 4.98 Å². The van der Waals surface area contributed by atoms with Gasteiger partial charge >= 0.3 is 0 Å². The first kappa shape index (κ1) is 17.9. The predicted octanol–water partition coefficient (Wildman–Crippen LogP) is 3.24. The molecule has 1 aromatic heterocycles. The highest BCUT2D eigenvalue weighted by Crippen LogP contribution is 2.34. The maximum Gasteiger partial charge on any atom is 0.269 e. The lowest BCUT2D eigenvalue weighted by molar-refractivity contribution is -0.384. The molecule has 28 heavy (non-hydrogen) atoms. The van der Waals surface area contributed by atoms with Gasteiger partial charge in [0.05, 0.1) is 10.7 Å². The van der Waals surface area contributed by atoms with Crippen LogP contribution in [0.2, 0.25) is 0 Å². The number of fused-ring (bicyclic) bond motifs is 1. The molecule has 0 atom stereocenters. The van der Waals surface area contributed by atoms with Gasteiger partial charge in [-0.3, -0.25) is 19.5 Å². The number of benzene rings is 2. The molecule has 1 N–H and O–H groups in total. The van der Waals surface area contributed by atoms with Gasteiger partial charge in [0.1, 0.15) is 0 Å². The lowest BCUT2D eigenvalue weighted by Crippen LogP contribution is -2.14. The van der Waals surface area contributed by atoms with Crippen LogP contribution in [0.25, 0.3) is 5.69 Å². The molecule has 9 nitrogen and oxygen atoms in total. The van der Waals surface area contributed by atoms with Gasteiger partial charge in [0, 0.05) is 42.0 Å². The topological polar surface area (TPSA) is 109 Å². The van der Waals surface area contributed by atoms with Crippen LogP contribution in [0.1, 0.15) is 0 Å². The fourth-order valence-electron chi connectivity index (χ4n) is 2.63. The van der Waals surface area contributed by atoms with Gasteiger partial charge in [-0.1, -0.05) is 11.8 Å². The molecule has 0 spiro atoms. The van der Waals surface area contributed by atoms with E-state index in [1.807, 2.05) is 0 Å². The van der Waals surface area contributed by atoms with Gasteiger partial charge in [-0.15, -0.1) is 0 Å². The van der Waals surface area contributed by atoms with Crippen molar-refractivity contribution in [1.29, 1.82) is 0 Å². The number of nitrogens with one attached hydrogen (secondary N) is 1. The van der Waals surface area contributed by atoms with Crippen LogP contribution < -0.4 is 14.8 Å². The number of anilines is 1. The number of nitrogens with zero attached hydrogens (tertiary/aromatic N) is 3. The summed E-state index contributed by atoms with van der Waals surface area (Å²) in [6.45, 7) is 0.174. The Morgan fingerprint density at radius 2 is 2.00 bits per heavy atom. The predicted molar refractivity (Wildman–Crippen MR) is 102 cm³/mol. The average molecular weight is 398 g/mol. The Balaban J connectivity index is 1.39. The van der Waals surface area contributed by atoms with Crippen molar-refractivity contribution >= 4 is 29.0 Å². The van der Waals surface area contributed by atoms with Gasteiger partial charge in [0.25, 0.3) is 5.69 Å². The number of hydrogen-bond acceptors (Lipinski definition) is 7. The summed E-state index contributed by atoms with van der Waals surface area (Å²) in [5.74, 6) is 1.21. The fraction of sp³-hybridized carbons (Fsp3) is 0.111. The summed E-state index contributed by atoms with van der Waals surface area (Å²) in [6, 6.07) is 11.3. The lowest BCUT2D eigenvalue weighted by atomic mass is 10.3. The Hall–Kier alpha value is -3.53. The molecule has 2 heterocycles. The maximum absolute atomic E-state index is 12.3.